The maximum atomic E-state index is 17.2. The zero-order valence-electron chi connectivity index (χ0n) is 39.6. The van der Waals surface area contributed by atoms with Crippen LogP contribution in [0.25, 0.3) is 32.9 Å². The first-order valence-electron chi connectivity index (χ1n) is 24.4. The van der Waals surface area contributed by atoms with Crippen LogP contribution in [0.2, 0.25) is 0 Å². The number of piperazine rings is 1. The molecule has 0 radical (unpaired) electrons. The molecule has 72 heavy (non-hydrogen) atoms. The number of anilines is 2. The van der Waals surface area contributed by atoms with Crippen molar-refractivity contribution in [2.75, 3.05) is 63.2 Å². The molecule has 0 spiro atoms. The van der Waals surface area contributed by atoms with Gasteiger partial charge in [-0.3, -0.25) is 39.3 Å². The number of piperidine rings is 1. The van der Waals surface area contributed by atoms with Crippen molar-refractivity contribution in [2.24, 2.45) is 0 Å². The van der Waals surface area contributed by atoms with Crippen LogP contribution in [0.1, 0.15) is 77.6 Å². The number of fused-ring (bicyclic) bond motifs is 6. The van der Waals surface area contributed by atoms with Crippen LogP contribution in [0, 0.1) is 24.0 Å². The molecule has 8 heterocycles. The minimum absolute atomic E-state index is 0.0155. The van der Waals surface area contributed by atoms with Crippen molar-refractivity contribution in [3.63, 3.8) is 0 Å². The molecule has 3 N–H and O–H groups in total. The summed E-state index contributed by atoms with van der Waals surface area (Å²) in [5.74, 6) is -0.583. The largest absolute Gasteiger partial charge is 0.461 e. The molecule has 5 saturated heterocycles. The Hall–Kier alpha value is -7.56. The van der Waals surface area contributed by atoms with Crippen LogP contribution < -0.4 is 25.6 Å². The van der Waals surface area contributed by atoms with Crippen LogP contribution >= 0.6 is 0 Å². The summed E-state index contributed by atoms with van der Waals surface area (Å²) in [5.41, 5.74) is 1.87. The number of rotatable bonds is 13. The first kappa shape index (κ1) is 46.8. The predicted octanol–water partition coefficient (Wildman–Crippen LogP) is 5.56. The van der Waals surface area contributed by atoms with Gasteiger partial charge in [-0.1, -0.05) is 42.3 Å². The quantitative estimate of drug-likeness (QED) is 0.0575. The number of carbonyl (C=O) groups is 5. The highest BCUT2D eigenvalue weighted by Gasteiger charge is 2.52. The van der Waals surface area contributed by atoms with E-state index in [4.69, 9.17) is 25.9 Å². The molecule has 5 aromatic rings. The van der Waals surface area contributed by atoms with Gasteiger partial charge in [0.15, 0.2) is 5.82 Å². The molecular formula is C53H52F2N10O7. The maximum absolute atomic E-state index is 17.2. The van der Waals surface area contributed by atoms with Crippen LogP contribution in [0.4, 0.5) is 25.1 Å². The second kappa shape index (κ2) is 18.6. The Balaban J connectivity index is 0.743. The summed E-state index contributed by atoms with van der Waals surface area (Å²) in [5, 5.41) is 10.6. The van der Waals surface area contributed by atoms with Crippen LogP contribution in [-0.4, -0.2) is 142 Å². The van der Waals surface area contributed by atoms with E-state index in [1.165, 1.54) is 11.0 Å². The minimum atomic E-state index is -1.05. The van der Waals surface area contributed by atoms with Crippen LogP contribution in [-0.2, 0) is 14.3 Å². The van der Waals surface area contributed by atoms with Crippen molar-refractivity contribution in [2.45, 2.75) is 81.1 Å². The number of hydrogen-bond donors (Lipinski definition) is 3. The number of benzene rings is 3. The summed E-state index contributed by atoms with van der Waals surface area (Å²) >= 11 is 0. The van der Waals surface area contributed by atoms with Crippen molar-refractivity contribution >= 4 is 62.9 Å². The van der Waals surface area contributed by atoms with Crippen LogP contribution in [0.15, 0.2) is 66.9 Å². The second-order valence-electron chi connectivity index (χ2n) is 19.8. The van der Waals surface area contributed by atoms with Gasteiger partial charge in [-0.15, -0.1) is 6.42 Å². The number of terminal acetylenes is 1. The topological polar surface area (TPSA) is 192 Å². The van der Waals surface area contributed by atoms with Gasteiger partial charge in [0.25, 0.3) is 11.8 Å². The van der Waals surface area contributed by atoms with Crippen molar-refractivity contribution < 1.29 is 42.2 Å². The third-order valence-corrected chi connectivity index (χ3v) is 15.1. The number of ether oxygens (including phenoxy) is 2. The number of aromatic nitrogens is 3. The molecule has 17 nitrogen and oxygen atoms in total. The molecular weight excluding hydrogens is 927 g/mol. The zero-order valence-corrected chi connectivity index (χ0v) is 39.6. The van der Waals surface area contributed by atoms with Gasteiger partial charge in [0.05, 0.1) is 27.6 Å². The van der Waals surface area contributed by atoms with E-state index in [2.05, 4.69) is 43.2 Å². The zero-order chi connectivity index (χ0) is 50.0. The van der Waals surface area contributed by atoms with E-state index in [0.717, 1.165) is 36.2 Å². The fourth-order valence-corrected chi connectivity index (χ4v) is 11.6. The van der Waals surface area contributed by atoms with Crippen molar-refractivity contribution in [3.8, 4) is 29.6 Å². The molecule has 6 aliphatic heterocycles. The molecule has 3 aromatic carbocycles. The molecule has 370 valence electrons. The van der Waals surface area contributed by atoms with E-state index < -0.39 is 52.9 Å². The summed E-state index contributed by atoms with van der Waals surface area (Å²) < 4.78 is 44.7. The van der Waals surface area contributed by atoms with Gasteiger partial charge >= 0.3 is 12.1 Å². The highest BCUT2D eigenvalue weighted by Crippen LogP contribution is 2.45. The van der Waals surface area contributed by atoms with Crippen molar-refractivity contribution in [1.82, 2.24) is 40.3 Å². The molecule has 6 aliphatic rings. The Morgan fingerprint density at radius 1 is 1.01 bits per heavy atom. The number of nitrogens with zero attached hydrogens (tertiary/aromatic N) is 7. The summed E-state index contributed by atoms with van der Waals surface area (Å²) in [6, 6.07) is 12.3. The molecule has 0 saturated carbocycles. The van der Waals surface area contributed by atoms with E-state index in [0.29, 0.717) is 78.8 Å². The third-order valence-electron chi connectivity index (χ3n) is 15.1. The summed E-state index contributed by atoms with van der Waals surface area (Å²) in [4.78, 5) is 84.9. The first-order chi connectivity index (χ1) is 34.8. The Morgan fingerprint density at radius 3 is 2.61 bits per heavy atom. The number of carbonyl (C=O) groups excluding carboxylic acids is 5. The molecule has 5 amide bonds. The summed E-state index contributed by atoms with van der Waals surface area (Å²) in [7, 11) is 1.66. The molecule has 0 aliphatic carbocycles. The monoisotopic (exact) mass is 978 g/mol. The Bertz CT molecular complexity index is 3170. The van der Waals surface area contributed by atoms with E-state index >= 15 is 8.78 Å². The summed E-state index contributed by atoms with van der Waals surface area (Å²) in [6.07, 6.45) is 11.7. The highest BCUT2D eigenvalue weighted by atomic mass is 19.1. The van der Waals surface area contributed by atoms with E-state index in [9.17, 15) is 24.0 Å². The number of hydrogen-bond acceptors (Lipinski definition) is 14. The van der Waals surface area contributed by atoms with Gasteiger partial charge in [0, 0.05) is 87.2 Å². The van der Waals surface area contributed by atoms with E-state index in [1.54, 1.807) is 55.7 Å². The average Bonchev–Trinajstić information content (AvgIpc) is 4.07. The van der Waals surface area contributed by atoms with Gasteiger partial charge in [0.2, 0.25) is 11.8 Å². The smallest absolute Gasteiger partial charge is 0.409 e. The van der Waals surface area contributed by atoms with E-state index in [1.807, 2.05) is 0 Å². The fraction of sp³-hybridized carbons (Fsp3) is 0.396. The SMILES string of the molecule is C#Cc1c(F)ccc2cccc(-c3ncc4c(N5CC6CCC(C5)N6)nc(OC[C@@]56CC[C@@H](COC(=O)N(C)CCCNc7ccc8c(c7)C(=O)N(C7CCC(=O)NC7=O)C8=O)N5CC(=C)C6)nc4c3F)c12. The van der Waals surface area contributed by atoms with Gasteiger partial charge < -0.3 is 29.9 Å². The Kier molecular flexibility index (Phi) is 12.1. The number of nitrogens with one attached hydrogen (secondary N) is 3. The highest BCUT2D eigenvalue weighted by molar-refractivity contribution is 6.23. The van der Waals surface area contributed by atoms with E-state index in [-0.39, 0.29) is 78.1 Å². The predicted molar refractivity (Wildman–Crippen MR) is 262 cm³/mol. The fourth-order valence-electron chi connectivity index (χ4n) is 11.6. The molecule has 2 bridgehead atoms. The number of halogens is 2. The number of amides is 5. The normalized spacial score (nSPS) is 23.7. The Labute approximate surface area is 413 Å². The molecule has 2 aromatic heterocycles. The molecule has 3 unspecified atom stereocenters. The van der Waals surface area contributed by atoms with Crippen LogP contribution in [0.3, 0.4) is 0 Å². The number of imide groups is 2. The maximum Gasteiger partial charge on any atom is 0.409 e. The lowest BCUT2D eigenvalue weighted by atomic mass is 9.94. The van der Waals surface area contributed by atoms with Gasteiger partial charge in [-0.2, -0.15) is 9.97 Å². The molecule has 5 atom stereocenters. The average molecular weight is 979 g/mol. The van der Waals surface area contributed by atoms with Crippen molar-refractivity contribution in [3.05, 3.63) is 95.2 Å². The minimum Gasteiger partial charge on any atom is -0.461 e. The van der Waals surface area contributed by atoms with Gasteiger partial charge in [-0.05, 0) is 74.6 Å². The van der Waals surface area contributed by atoms with Gasteiger partial charge in [0.1, 0.15) is 42.1 Å². The molecule has 19 heteroatoms. The van der Waals surface area contributed by atoms with Crippen LogP contribution in [0.5, 0.6) is 6.01 Å². The standard InChI is InChI=1S/C53H52F2N10O7/c1-4-35-40(54)14-9-30-7-5-8-37(43(30)35)45-44(55)46-39(23-57-45)47(63-25-32-10-11-33(26-63)58-32)61-51(60-46)72-28-53-18-17-34(64(53)24-29(2)22-53)27-71-52(70)62(3)20-6-19-56-31-12-13-36-38(21-31)50(69)65(49(36)68)41-15-16-42(66)59-48(41)67/h1,5,7-9,12-14,21,23,32-34,41,56,58H,2,6,10-11,15-20,22,24-28H2,3H3,(H,59,66,67)/t32?,33?,34-,41?,53-/m0/s1. The third kappa shape index (κ3) is 8.31. The molecule has 5 fully saturated rings. The Morgan fingerprint density at radius 2 is 1.82 bits per heavy atom. The number of pyridine rings is 1. The second-order valence-corrected chi connectivity index (χ2v) is 19.8. The lowest BCUT2D eigenvalue weighted by Crippen LogP contribution is -2.54. The lowest BCUT2D eigenvalue weighted by Gasteiger charge is -2.35. The summed E-state index contributed by atoms with van der Waals surface area (Å²) in [6.45, 7) is 7.39. The van der Waals surface area contributed by atoms with Crippen molar-refractivity contribution in [1.29, 1.82) is 0 Å². The molecule has 11 rings (SSSR count). The first-order valence-corrected chi connectivity index (χ1v) is 24.4. The van der Waals surface area contributed by atoms with Gasteiger partial charge in [-0.25, -0.2) is 13.6 Å². The lowest BCUT2D eigenvalue weighted by molar-refractivity contribution is -0.136.